The first kappa shape index (κ1) is 59.1. The lowest BCUT2D eigenvalue weighted by Gasteiger charge is -2.41. The lowest BCUT2D eigenvalue weighted by molar-refractivity contribution is -0.298. The standard InChI is InChI=1S/C48H95NO12S/c1-3-5-7-9-11-13-15-17-18-19-20-21-22-23-25-27-29-31-33-35-37-42(52)47(55)49-40(41(51)36-34-32-30-28-26-24-16-14-12-10-8-6-4-2)39-59-48-45(54)46(61-62(56,57)58)44(53)43(38-50)60-48/h40-46,48,50-54H,3-39H2,1-2H3,(H,49,55)(H,56,57,58)/t40?,41?,42?,43-,44+,45-,46+,48-/m1/s1. The Bertz CT molecular complexity index is 1130. The Labute approximate surface area is 378 Å². The molecule has 1 saturated heterocycles. The van der Waals surface area contributed by atoms with Gasteiger partial charge in [0.05, 0.1) is 25.4 Å². The van der Waals surface area contributed by atoms with Crippen LogP contribution in [0.3, 0.4) is 0 Å². The summed E-state index contributed by atoms with van der Waals surface area (Å²) in [6.07, 6.45) is 30.0. The first-order valence-electron chi connectivity index (χ1n) is 25.5. The van der Waals surface area contributed by atoms with Crippen molar-refractivity contribution in [1.82, 2.24) is 5.32 Å². The molecule has 0 aromatic carbocycles. The van der Waals surface area contributed by atoms with Gasteiger partial charge in [0.2, 0.25) is 5.91 Å². The number of aliphatic hydroxyl groups excluding tert-OH is 5. The van der Waals surface area contributed by atoms with E-state index in [2.05, 4.69) is 23.3 Å². The molecule has 1 amide bonds. The minimum atomic E-state index is -5.11. The van der Waals surface area contributed by atoms with Gasteiger partial charge in [0.1, 0.15) is 30.5 Å². The van der Waals surface area contributed by atoms with Crippen LogP contribution in [0.4, 0.5) is 0 Å². The van der Waals surface area contributed by atoms with Crippen LogP contribution < -0.4 is 5.32 Å². The number of hydrogen-bond donors (Lipinski definition) is 7. The number of nitrogens with one attached hydrogen (secondary N) is 1. The largest absolute Gasteiger partial charge is 0.397 e. The predicted molar refractivity (Wildman–Crippen MR) is 247 cm³/mol. The highest BCUT2D eigenvalue weighted by Gasteiger charge is 2.48. The molecule has 1 aliphatic rings. The summed E-state index contributed by atoms with van der Waals surface area (Å²) in [5.74, 6) is -0.665. The summed E-state index contributed by atoms with van der Waals surface area (Å²) in [4.78, 5) is 13.2. The van der Waals surface area contributed by atoms with Crippen LogP contribution in [0.25, 0.3) is 0 Å². The molecule has 0 radical (unpaired) electrons. The molecule has 13 nitrogen and oxygen atoms in total. The van der Waals surface area contributed by atoms with Crippen molar-refractivity contribution in [3.05, 3.63) is 0 Å². The molecule has 0 spiro atoms. The van der Waals surface area contributed by atoms with Gasteiger partial charge in [-0.3, -0.25) is 9.35 Å². The lowest BCUT2D eigenvalue weighted by atomic mass is 9.99. The van der Waals surface area contributed by atoms with E-state index >= 15 is 0 Å². The van der Waals surface area contributed by atoms with Gasteiger partial charge in [0.15, 0.2) is 6.29 Å². The molecule has 1 heterocycles. The second kappa shape index (κ2) is 39.2. The van der Waals surface area contributed by atoms with Gasteiger partial charge in [0.25, 0.3) is 0 Å². The minimum Gasteiger partial charge on any atom is -0.394 e. The van der Waals surface area contributed by atoms with E-state index in [1.165, 1.54) is 161 Å². The van der Waals surface area contributed by atoms with Crippen LogP contribution >= 0.6 is 0 Å². The molecule has 0 aliphatic carbocycles. The first-order chi connectivity index (χ1) is 29.9. The Morgan fingerprint density at radius 3 is 1.29 bits per heavy atom. The fraction of sp³-hybridized carbons (Fsp3) is 0.979. The van der Waals surface area contributed by atoms with Gasteiger partial charge in [-0.25, -0.2) is 4.18 Å². The maximum absolute atomic E-state index is 13.2. The van der Waals surface area contributed by atoms with Crippen molar-refractivity contribution in [3.8, 4) is 0 Å². The fourth-order valence-corrected chi connectivity index (χ4v) is 8.98. The van der Waals surface area contributed by atoms with E-state index in [-0.39, 0.29) is 6.42 Å². The Kier molecular flexibility index (Phi) is 37.4. The highest BCUT2D eigenvalue weighted by Crippen LogP contribution is 2.26. The molecule has 0 saturated carbocycles. The van der Waals surface area contributed by atoms with Gasteiger partial charge in [-0.1, -0.05) is 226 Å². The Balaban J connectivity index is 2.45. The SMILES string of the molecule is CCCCCCCCCCCCCCCCCCCCCCC(O)C(=O)NC(CO[C@@H]1O[C@H](CO)[C@H](O)[C@H](OS(=O)(=O)O)[C@H]1O)C(O)CCCCCCCCCCCCCCC. The van der Waals surface area contributed by atoms with Gasteiger partial charge >= 0.3 is 10.4 Å². The normalized spacial score (nSPS) is 20.9. The summed E-state index contributed by atoms with van der Waals surface area (Å²) in [5, 5.41) is 55.5. The van der Waals surface area contributed by atoms with E-state index in [0.717, 1.165) is 38.5 Å². The molecule has 1 rings (SSSR count). The maximum atomic E-state index is 13.2. The smallest absolute Gasteiger partial charge is 0.394 e. The van der Waals surface area contributed by atoms with Crippen LogP contribution in [0, 0.1) is 0 Å². The van der Waals surface area contributed by atoms with E-state index in [9.17, 15) is 43.3 Å². The molecule has 0 aromatic heterocycles. The molecule has 7 N–H and O–H groups in total. The quantitative estimate of drug-likeness (QED) is 0.0225. The summed E-state index contributed by atoms with van der Waals surface area (Å²) >= 11 is 0. The van der Waals surface area contributed by atoms with Crippen molar-refractivity contribution < 1.29 is 57.0 Å². The molecule has 3 unspecified atom stereocenters. The monoisotopic (exact) mass is 910 g/mol. The Hall–Kier alpha value is -0.940. The summed E-state index contributed by atoms with van der Waals surface area (Å²) in [7, 11) is -5.11. The minimum absolute atomic E-state index is 0.266. The summed E-state index contributed by atoms with van der Waals surface area (Å²) in [6, 6.07) is -1.03. The summed E-state index contributed by atoms with van der Waals surface area (Å²) in [5.41, 5.74) is 0. The van der Waals surface area contributed by atoms with Crippen LogP contribution in [-0.2, 0) is 28.9 Å². The third kappa shape index (κ3) is 31.1. The summed E-state index contributed by atoms with van der Waals surface area (Å²) in [6.45, 7) is 3.30. The van der Waals surface area contributed by atoms with Crippen LogP contribution in [0.2, 0.25) is 0 Å². The van der Waals surface area contributed by atoms with Crippen molar-refractivity contribution in [2.45, 2.75) is 288 Å². The van der Waals surface area contributed by atoms with Crippen molar-refractivity contribution in [2.75, 3.05) is 13.2 Å². The summed E-state index contributed by atoms with van der Waals surface area (Å²) < 4.78 is 47.6. The van der Waals surface area contributed by atoms with Gasteiger partial charge in [-0.15, -0.1) is 0 Å². The molecule has 370 valence electrons. The second-order valence-corrected chi connectivity index (χ2v) is 19.3. The number of unbranched alkanes of at least 4 members (excludes halogenated alkanes) is 31. The molecule has 0 aromatic rings. The van der Waals surface area contributed by atoms with Crippen LogP contribution in [0.1, 0.15) is 239 Å². The zero-order valence-corrected chi connectivity index (χ0v) is 40.1. The average Bonchev–Trinajstić information content (AvgIpc) is 3.24. The van der Waals surface area contributed by atoms with E-state index < -0.39 is 78.5 Å². The zero-order chi connectivity index (χ0) is 45.7. The number of amides is 1. The van der Waals surface area contributed by atoms with Gasteiger partial charge in [-0.05, 0) is 12.8 Å². The average molecular weight is 910 g/mol. The van der Waals surface area contributed by atoms with Gasteiger partial charge in [-0.2, -0.15) is 8.42 Å². The molecule has 1 fully saturated rings. The highest BCUT2D eigenvalue weighted by atomic mass is 32.3. The molecular weight excluding hydrogens is 815 g/mol. The topological polar surface area (TPSA) is 212 Å². The second-order valence-electron chi connectivity index (χ2n) is 18.3. The van der Waals surface area contributed by atoms with Crippen LogP contribution in [0.5, 0.6) is 0 Å². The highest BCUT2D eigenvalue weighted by molar-refractivity contribution is 7.80. The van der Waals surface area contributed by atoms with Crippen LogP contribution in [0.15, 0.2) is 0 Å². The van der Waals surface area contributed by atoms with Crippen molar-refractivity contribution in [3.63, 3.8) is 0 Å². The number of carbonyl (C=O) groups excluding carboxylic acids is 1. The number of carbonyl (C=O) groups is 1. The maximum Gasteiger partial charge on any atom is 0.397 e. The molecule has 14 heteroatoms. The Morgan fingerprint density at radius 1 is 0.581 bits per heavy atom. The first-order valence-corrected chi connectivity index (χ1v) is 26.9. The van der Waals surface area contributed by atoms with Crippen molar-refractivity contribution in [1.29, 1.82) is 0 Å². The van der Waals surface area contributed by atoms with E-state index in [4.69, 9.17) is 9.47 Å². The molecule has 62 heavy (non-hydrogen) atoms. The third-order valence-corrected chi connectivity index (χ3v) is 13.0. The molecule has 1 aliphatic heterocycles. The van der Waals surface area contributed by atoms with Gasteiger partial charge in [0, 0.05) is 0 Å². The van der Waals surface area contributed by atoms with Crippen LogP contribution in [-0.4, -0.2) is 107 Å². The van der Waals surface area contributed by atoms with Gasteiger partial charge < -0.3 is 40.3 Å². The molecule has 8 atom stereocenters. The van der Waals surface area contributed by atoms with E-state index in [1.54, 1.807) is 0 Å². The van der Waals surface area contributed by atoms with Crippen molar-refractivity contribution in [2.24, 2.45) is 0 Å². The Morgan fingerprint density at radius 2 is 0.935 bits per heavy atom. The number of rotatable bonds is 44. The third-order valence-electron chi connectivity index (χ3n) is 12.5. The van der Waals surface area contributed by atoms with E-state index in [0.29, 0.717) is 19.3 Å². The van der Waals surface area contributed by atoms with E-state index in [1.807, 2.05) is 0 Å². The number of aliphatic hydroxyl groups is 5. The fourth-order valence-electron chi connectivity index (χ4n) is 8.47. The zero-order valence-electron chi connectivity index (χ0n) is 39.3. The van der Waals surface area contributed by atoms with Crippen molar-refractivity contribution >= 4 is 16.3 Å². The number of hydrogen-bond acceptors (Lipinski definition) is 11. The predicted octanol–water partition coefficient (Wildman–Crippen LogP) is 9.53. The number of ether oxygens (including phenoxy) is 2. The lowest BCUT2D eigenvalue weighted by Crippen LogP contribution is -2.61. The molecular formula is C48H95NO12S. The molecule has 0 bridgehead atoms.